The van der Waals surface area contributed by atoms with E-state index in [1.165, 1.54) is 50.4 Å². The van der Waals surface area contributed by atoms with E-state index in [2.05, 4.69) is 0 Å². The van der Waals surface area contributed by atoms with Crippen molar-refractivity contribution in [3.8, 4) is 11.5 Å². The molecular weight excluding hydrogens is 412 g/mol. The van der Waals surface area contributed by atoms with Gasteiger partial charge in [-0.2, -0.15) is 0 Å². The molecule has 3 rings (SSSR count). The number of sulfonamides is 1. The molecule has 0 aromatic heterocycles. The molecule has 2 aromatic carbocycles. The van der Waals surface area contributed by atoms with Crippen molar-refractivity contribution in [1.29, 1.82) is 0 Å². The summed E-state index contributed by atoms with van der Waals surface area (Å²) in [5, 5.41) is 0. The minimum absolute atomic E-state index is 0.00804. The molecular formula is C20H22N2O7S. The minimum atomic E-state index is -3.55. The molecule has 0 radical (unpaired) electrons. The number of para-hydroxylation sites is 2. The van der Waals surface area contributed by atoms with Crippen LogP contribution in [0.3, 0.4) is 0 Å². The number of hydrogen-bond donors (Lipinski definition) is 0. The number of carbonyl (C=O) groups is 2. The number of nitrogens with zero attached hydrogens (tertiary/aromatic N) is 2. The molecule has 1 aliphatic rings. The Labute approximate surface area is 174 Å². The third kappa shape index (κ3) is 4.39. The molecule has 0 aliphatic carbocycles. The molecule has 1 heterocycles. The highest BCUT2D eigenvalue weighted by molar-refractivity contribution is 7.89. The van der Waals surface area contributed by atoms with Crippen molar-refractivity contribution in [3.63, 3.8) is 0 Å². The van der Waals surface area contributed by atoms with E-state index in [1.54, 1.807) is 24.3 Å². The first kappa shape index (κ1) is 21.6. The van der Waals surface area contributed by atoms with Crippen LogP contribution in [0.5, 0.6) is 11.5 Å². The van der Waals surface area contributed by atoms with Gasteiger partial charge in [-0.05, 0) is 36.4 Å². The molecule has 160 valence electrons. The maximum atomic E-state index is 12.8. The molecule has 0 spiro atoms. The van der Waals surface area contributed by atoms with Gasteiger partial charge in [-0.15, -0.1) is 0 Å². The first-order chi connectivity index (χ1) is 14.2. The Bertz CT molecular complexity index is 1040. The third-order valence-electron chi connectivity index (χ3n) is 4.50. The van der Waals surface area contributed by atoms with Crippen molar-refractivity contribution in [2.45, 2.75) is 11.0 Å². The summed E-state index contributed by atoms with van der Waals surface area (Å²) in [4.78, 5) is 26.2. The zero-order valence-corrected chi connectivity index (χ0v) is 17.6. The second-order valence-corrected chi connectivity index (χ2v) is 8.80. The maximum Gasteiger partial charge on any atom is 0.348 e. The highest BCUT2D eigenvalue weighted by atomic mass is 32.2. The summed E-state index contributed by atoms with van der Waals surface area (Å²) in [5.41, 5.74) is 0.527. The van der Waals surface area contributed by atoms with Crippen LogP contribution in [-0.2, 0) is 24.3 Å². The predicted molar refractivity (Wildman–Crippen MR) is 108 cm³/mol. The summed E-state index contributed by atoms with van der Waals surface area (Å²) >= 11 is 0. The van der Waals surface area contributed by atoms with Crippen molar-refractivity contribution >= 4 is 27.6 Å². The predicted octanol–water partition coefficient (Wildman–Crippen LogP) is 1.28. The van der Waals surface area contributed by atoms with Crippen LogP contribution >= 0.6 is 0 Å². The number of benzene rings is 2. The maximum absolute atomic E-state index is 12.8. The van der Waals surface area contributed by atoms with E-state index in [0.717, 1.165) is 4.31 Å². The average Bonchev–Trinajstić information content (AvgIpc) is 2.76. The SMILES string of the molecule is COC(=O)C1CN(C(=O)COc2ccc(S(=O)(=O)N(C)C)cc2)c2ccccc2O1. The van der Waals surface area contributed by atoms with Gasteiger partial charge >= 0.3 is 5.97 Å². The first-order valence-corrected chi connectivity index (χ1v) is 10.5. The Morgan fingerprint density at radius 2 is 1.80 bits per heavy atom. The highest BCUT2D eigenvalue weighted by Gasteiger charge is 2.34. The van der Waals surface area contributed by atoms with E-state index >= 15 is 0 Å². The monoisotopic (exact) mass is 434 g/mol. The van der Waals surface area contributed by atoms with Crippen molar-refractivity contribution in [1.82, 2.24) is 4.31 Å². The molecule has 30 heavy (non-hydrogen) atoms. The van der Waals surface area contributed by atoms with Crippen molar-refractivity contribution in [2.75, 3.05) is 39.3 Å². The highest BCUT2D eigenvalue weighted by Crippen LogP contribution is 2.33. The molecule has 9 nitrogen and oxygen atoms in total. The average molecular weight is 434 g/mol. The van der Waals surface area contributed by atoms with Gasteiger partial charge in [-0.1, -0.05) is 12.1 Å². The molecule has 0 bridgehead atoms. The number of rotatable bonds is 6. The van der Waals surface area contributed by atoms with Crippen LogP contribution < -0.4 is 14.4 Å². The first-order valence-electron chi connectivity index (χ1n) is 9.03. The molecule has 1 aliphatic heterocycles. The van der Waals surface area contributed by atoms with E-state index < -0.39 is 22.1 Å². The lowest BCUT2D eigenvalue weighted by Crippen LogP contribution is -2.48. The Morgan fingerprint density at radius 3 is 2.43 bits per heavy atom. The number of ether oxygens (including phenoxy) is 3. The quantitative estimate of drug-likeness (QED) is 0.631. The lowest BCUT2D eigenvalue weighted by molar-refractivity contribution is -0.148. The van der Waals surface area contributed by atoms with Crippen molar-refractivity contribution in [3.05, 3.63) is 48.5 Å². The smallest absolute Gasteiger partial charge is 0.348 e. The van der Waals surface area contributed by atoms with E-state index in [9.17, 15) is 18.0 Å². The number of fused-ring (bicyclic) bond motifs is 1. The summed E-state index contributed by atoms with van der Waals surface area (Å²) in [6, 6.07) is 12.6. The summed E-state index contributed by atoms with van der Waals surface area (Å²) < 4.78 is 41.2. The van der Waals surface area contributed by atoms with Gasteiger partial charge in [0.05, 0.1) is 24.2 Å². The molecule has 1 atom stereocenters. The normalized spacial score (nSPS) is 15.9. The Kier molecular flexibility index (Phi) is 6.28. The number of amides is 1. The van der Waals surface area contributed by atoms with Gasteiger partial charge in [0, 0.05) is 14.1 Å². The van der Waals surface area contributed by atoms with Crippen LogP contribution in [0, 0.1) is 0 Å². The van der Waals surface area contributed by atoms with E-state index in [0.29, 0.717) is 17.2 Å². The van der Waals surface area contributed by atoms with Crippen LogP contribution in [0.2, 0.25) is 0 Å². The second kappa shape index (κ2) is 8.72. The van der Waals surface area contributed by atoms with Gasteiger partial charge in [0.15, 0.2) is 6.61 Å². The summed E-state index contributed by atoms with van der Waals surface area (Å²) in [7, 11) is 0.593. The zero-order chi connectivity index (χ0) is 21.9. The van der Waals surface area contributed by atoms with Crippen LogP contribution in [0.15, 0.2) is 53.4 Å². The Morgan fingerprint density at radius 1 is 1.13 bits per heavy atom. The van der Waals surface area contributed by atoms with Gasteiger partial charge in [-0.3, -0.25) is 4.79 Å². The molecule has 0 saturated heterocycles. The third-order valence-corrected chi connectivity index (χ3v) is 6.33. The van der Waals surface area contributed by atoms with Crippen LogP contribution in [0.4, 0.5) is 5.69 Å². The van der Waals surface area contributed by atoms with Crippen LogP contribution in [0.25, 0.3) is 0 Å². The van der Waals surface area contributed by atoms with Crippen LogP contribution in [0.1, 0.15) is 0 Å². The molecule has 1 unspecified atom stereocenters. The standard InChI is InChI=1S/C20H22N2O7S/c1-21(2)30(25,26)15-10-8-14(9-11-15)28-13-19(23)22-12-18(20(24)27-3)29-17-7-5-4-6-16(17)22/h4-11,18H,12-13H2,1-3H3. The molecule has 2 aromatic rings. The molecule has 10 heteroatoms. The summed E-state index contributed by atoms with van der Waals surface area (Å²) in [6.07, 6.45) is -0.940. The summed E-state index contributed by atoms with van der Waals surface area (Å²) in [6.45, 7) is -0.312. The minimum Gasteiger partial charge on any atom is -0.484 e. The van der Waals surface area contributed by atoms with Gasteiger partial charge in [0.1, 0.15) is 11.5 Å². The molecule has 0 saturated carbocycles. The molecule has 0 N–H and O–H groups in total. The lowest BCUT2D eigenvalue weighted by atomic mass is 10.2. The number of hydrogen-bond acceptors (Lipinski definition) is 7. The largest absolute Gasteiger partial charge is 0.484 e. The molecule has 1 amide bonds. The van der Waals surface area contributed by atoms with Crippen molar-refractivity contribution in [2.24, 2.45) is 0 Å². The topological polar surface area (TPSA) is 102 Å². The Balaban J connectivity index is 1.72. The van der Waals surface area contributed by atoms with E-state index in [4.69, 9.17) is 14.2 Å². The van der Waals surface area contributed by atoms with Crippen LogP contribution in [-0.4, -0.2) is 65.1 Å². The van der Waals surface area contributed by atoms with E-state index in [-0.39, 0.29) is 24.0 Å². The number of methoxy groups -OCH3 is 1. The number of anilines is 1. The van der Waals surface area contributed by atoms with Crippen molar-refractivity contribution < 1.29 is 32.2 Å². The fourth-order valence-electron chi connectivity index (χ4n) is 2.87. The zero-order valence-electron chi connectivity index (χ0n) is 16.8. The fourth-order valence-corrected chi connectivity index (χ4v) is 3.77. The van der Waals surface area contributed by atoms with Gasteiger partial charge < -0.3 is 19.1 Å². The second-order valence-electron chi connectivity index (χ2n) is 6.65. The van der Waals surface area contributed by atoms with E-state index in [1.807, 2.05) is 0 Å². The fraction of sp³-hybridized carbons (Fsp3) is 0.300. The van der Waals surface area contributed by atoms with Gasteiger partial charge in [0.2, 0.25) is 16.1 Å². The molecule has 0 fully saturated rings. The number of esters is 1. The number of carbonyl (C=O) groups excluding carboxylic acids is 2. The summed E-state index contributed by atoms with van der Waals surface area (Å²) in [5.74, 6) is -0.233. The lowest BCUT2D eigenvalue weighted by Gasteiger charge is -2.33. The van der Waals surface area contributed by atoms with Gasteiger partial charge in [0.25, 0.3) is 5.91 Å². The Hall–Kier alpha value is -3.11. The van der Waals surface area contributed by atoms with Gasteiger partial charge in [-0.25, -0.2) is 17.5 Å².